The van der Waals surface area contributed by atoms with Gasteiger partial charge < -0.3 is 15.0 Å². The molecule has 5 nitrogen and oxygen atoms in total. The Balaban J connectivity index is 1.76. The van der Waals surface area contributed by atoms with E-state index in [0.717, 1.165) is 11.1 Å². The Labute approximate surface area is 170 Å². The number of hydrogen-bond donors (Lipinski definition) is 1. The number of piperidine rings is 1. The highest BCUT2D eigenvalue weighted by atomic mass is 19.1. The Hall–Kier alpha value is -2.89. The number of hydrogen-bond acceptors (Lipinski definition) is 3. The Morgan fingerprint density at radius 2 is 1.93 bits per heavy atom. The zero-order chi connectivity index (χ0) is 20.8. The van der Waals surface area contributed by atoms with Gasteiger partial charge >= 0.3 is 0 Å². The molecule has 0 aliphatic carbocycles. The van der Waals surface area contributed by atoms with Crippen molar-refractivity contribution < 1.29 is 18.7 Å². The lowest BCUT2D eigenvalue weighted by molar-refractivity contribution is -0.143. The van der Waals surface area contributed by atoms with Crippen molar-refractivity contribution in [3.8, 4) is 5.75 Å². The van der Waals surface area contributed by atoms with Crippen LogP contribution in [-0.2, 0) is 16.0 Å². The SMILES string of the molecule is CCN1C(=O)CC[C@@H](C(=O)NCCc2ccc(F)cc2)[C@@H]1c1ccccc1OC. The minimum atomic E-state index is -0.358. The Bertz CT molecular complexity index is 853. The maximum absolute atomic E-state index is 13.0. The zero-order valence-corrected chi connectivity index (χ0v) is 16.9. The average Bonchev–Trinajstić information content (AvgIpc) is 2.74. The maximum atomic E-state index is 13.0. The lowest BCUT2D eigenvalue weighted by Crippen LogP contribution is -2.48. The topological polar surface area (TPSA) is 58.6 Å². The van der Waals surface area contributed by atoms with E-state index in [0.29, 0.717) is 38.1 Å². The highest BCUT2D eigenvalue weighted by Crippen LogP contribution is 2.40. The summed E-state index contributed by atoms with van der Waals surface area (Å²) in [5.74, 6) is 0.0311. The molecule has 1 N–H and O–H groups in total. The molecule has 0 unspecified atom stereocenters. The van der Waals surface area contributed by atoms with Gasteiger partial charge in [-0.15, -0.1) is 0 Å². The van der Waals surface area contributed by atoms with E-state index in [1.54, 1.807) is 24.1 Å². The van der Waals surface area contributed by atoms with Crippen molar-refractivity contribution in [2.45, 2.75) is 32.2 Å². The standard InChI is InChI=1S/C23H27FN2O3/c1-3-26-21(27)13-12-19(22(26)18-6-4-5-7-20(18)29-2)23(28)25-15-14-16-8-10-17(24)11-9-16/h4-11,19,22H,3,12-15H2,1-2H3,(H,25,28)/t19-,22+/m1/s1. The van der Waals surface area contributed by atoms with Gasteiger partial charge in [0.05, 0.1) is 19.1 Å². The highest BCUT2D eigenvalue weighted by Gasteiger charge is 2.41. The molecule has 2 amide bonds. The van der Waals surface area contributed by atoms with E-state index in [9.17, 15) is 14.0 Å². The number of amides is 2. The minimum absolute atomic E-state index is 0.0544. The Kier molecular flexibility index (Phi) is 6.86. The first kappa shape index (κ1) is 20.8. The molecule has 0 saturated carbocycles. The predicted octanol–water partition coefficient (Wildman–Crippen LogP) is 3.49. The molecule has 1 aliphatic heterocycles. The van der Waals surface area contributed by atoms with Crippen LogP contribution in [0.1, 0.15) is 36.9 Å². The van der Waals surface area contributed by atoms with E-state index in [4.69, 9.17) is 4.74 Å². The Morgan fingerprint density at radius 3 is 2.62 bits per heavy atom. The van der Waals surface area contributed by atoms with Crippen LogP contribution >= 0.6 is 0 Å². The molecule has 2 atom stereocenters. The van der Waals surface area contributed by atoms with Crippen molar-refractivity contribution in [3.63, 3.8) is 0 Å². The molecular weight excluding hydrogens is 371 g/mol. The number of benzene rings is 2. The van der Waals surface area contributed by atoms with Crippen molar-refractivity contribution >= 4 is 11.8 Å². The van der Waals surface area contributed by atoms with Gasteiger partial charge in [-0.25, -0.2) is 4.39 Å². The van der Waals surface area contributed by atoms with Crippen molar-refractivity contribution in [2.75, 3.05) is 20.2 Å². The van der Waals surface area contributed by atoms with Gasteiger partial charge in [-0.1, -0.05) is 30.3 Å². The quantitative estimate of drug-likeness (QED) is 0.777. The fourth-order valence-electron chi connectivity index (χ4n) is 4.01. The van der Waals surface area contributed by atoms with Crippen molar-refractivity contribution in [1.29, 1.82) is 0 Å². The monoisotopic (exact) mass is 398 g/mol. The first-order valence-corrected chi connectivity index (χ1v) is 9.99. The van der Waals surface area contributed by atoms with Gasteiger partial charge in [0.25, 0.3) is 0 Å². The number of carbonyl (C=O) groups excluding carboxylic acids is 2. The molecular formula is C23H27FN2O3. The van der Waals surface area contributed by atoms with Crippen LogP contribution in [0.2, 0.25) is 0 Å². The Morgan fingerprint density at radius 1 is 1.21 bits per heavy atom. The number of carbonyl (C=O) groups is 2. The summed E-state index contributed by atoms with van der Waals surface area (Å²) in [6.07, 6.45) is 1.48. The summed E-state index contributed by atoms with van der Waals surface area (Å²) < 4.78 is 18.5. The molecule has 0 bridgehead atoms. The second-order valence-electron chi connectivity index (χ2n) is 7.18. The first-order chi connectivity index (χ1) is 14.0. The molecule has 3 rings (SSSR count). The number of halogens is 1. The lowest BCUT2D eigenvalue weighted by Gasteiger charge is -2.40. The average molecular weight is 398 g/mol. The van der Waals surface area contributed by atoms with Gasteiger partial charge in [-0.3, -0.25) is 9.59 Å². The smallest absolute Gasteiger partial charge is 0.225 e. The molecule has 6 heteroatoms. The minimum Gasteiger partial charge on any atom is -0.496 e. The van der Waals surface area contributed by atoms with Gasteiger partial charge in [0.15, 0.2) is 0 Å². The third kappa shape index (κ3) is 4.75. The van der Waals surface area contributed by atoms with Crippen molar-refractivity contribution in [1.82, 2.24) is 10.2 Å². The molecule has 1 aliphatic rings. The van der Waals surface area contributed by atoms with Crippen LogP contribution < -0.4 is 10.1 Å². The van der Waals surface area contributed by atoms with E-state index >= 15 is 0 Å². The van der Waals surface area contributed by atoms with E-state index in [1.807, 2.05) is 31.2 Å². The number of nitrogens with one attached hydrogen (secondary N) is 1. The summed E-state index contributed by atoms with van der Waals surface area (Å²) in [7, 11) is 1.59. The van der Waals surface area contributed by atoms with Crippen LogP contribution in [0.5, 0.6) is 5.75 Å². The molecule has 29 heavy (non-hydrogen) atoms. The summed E-state index contributed by atoms with van der Waals surface area (Å²) in [5.41, 5.74) is 1.81. The molecule has 1 saturated heterocycles. The molecule has 2 aromatic carbocycles. The highest BCUT2D eigenvalue weighted by molar-refractivity contribution is 5.85. The molecule has 1 heterocycles. The van der Waals surface area contributed by atoms with Gasteiger partial charge in [0.2, 0.25) is 11.8 Å². The van der Waals surface area contributed by atoms with Crippen LogP contribution in [0.4, 0.5) is 4.39 Å². The number of rotatable bonds is 7. The van der Waals surface area contributed by atoms with Crippen LogP contribution in [-0.4, -0.2) is 36.9 Å². The number of likely N-dealkylation sites (tertiary alicyclic amines) is 1. The van der Waals surface area contributed by atoms with Gasteiger partial charge in [0.1, 0.15) is 11.6 Å². The normalized spacial score (nSPS) is 19.1. The third-order valence-corrected chi connectivity index (χ3v) is 5.47. The van der Waals surface area contributed by atoms with Crippen molar-refractivity contribution in [2.24, 2.45) is 5.92 Å². The van der Waals surface area contributed by atoms with E-state index in [-0.39, 0.29) is 29.6 Å². The zero-order valence-electron chi connectivity index (χ0n) is 16.9. The second-order valence-corrected chi connectivity index (χ2v) is 7.18. The fourth-order valence-corrected chi connectivity index (χ4v) is 4.01. The van der Waals surface area contributed by atoms with Crippen LogP contribution in [0, 0.1) is 11.7 Å². The molecule has 0 radical (unpaired) electrons. The van der Waals surface area contributed by atoms with Gasteiger partial charge in [-0.05, 0) is 43.5 Å². The largest absolute Gasteiger partial charge is 0.496 e. The molecule has 2 aromatic rings. The molecule has 0 aromatic heterocycles. The van der Waals surface area contributed by atoms with E-state index in [2.05, 4.69) is 5.32 Å². The second kappa shape index (κ2) is 9.54. The summed E-state index contributed by atoms with van der Waals surface area (Å²) >= 11 is 0. The summed E-state index contributed by atoms with van der Waals surface area (Å²) in [4.78, 5) is 27.3. The predicted molar refractivity (Wildman–Crippen MR) is 109 cm³/mol. The summed E-state index contributed by atoms with van der Waals surface area (Å²) in [6, 6.07) is 13.5. The van der Waals surface area contributed by atoms with Gasteiger partial charge in [0, 0.05) is 25.1 Å². The van der Waals surface area contributed by atoms with Crippen LogP contribution in [0.3, 0.4) is 0 Å². The number of nitrogens with zero attached hydrogens (tertiary/aromatic N) is 1. The van der Waals surface area contributed by atoms with Crippen LogP contribution in [0.25, 0.3) is 0 Å². The lowest BCUT2D eigenvalue weighted by atomic mass is 9.83. The molecule has 154 valence electrons. The summed E-state index contributed by atoms with van der Waals surface area (Å²) in [6.45, 7) is 2.91. The fraction of sp³-hybridized carbons (Fsp3) is 0.391. The third-order valence-electron chi connectivity index (χ3n) is 5.47. The van der Waals surface area contributed by atoms with Crippen LogP contribution in [0.15, 0.2) is 48.5 Å². The van der Waals surface area contributed by atoms with E-state index < -0.39 is 0 Å². The van der Waals surface area contributed by atoms with E-state index in [1.165, 1.54) is 12.1 Å². The number of ether oxygens (including phenoxy) is 1. The van der Waals surface area contributed by atoms with Crippen molar-refractivity contribution in [3.05, 3.63) is 65.5 Å². The summed E-state index contributed by atoms with van der Waals surface area (Å²) in [5, 5.41) is 3.00. The molecule has 0 spiro atoms. The number of methoxy groups -OCH3 is 1. The number of para-hydroxylation sites is 1. The molecule has 1 fully saturated rings. The van der Waals surface area contributed by atoms with Gasteiger partial charge in [-0.2, -0.15) is 0 Å². The maximum Gasteiger partial charge on any atom is 0.225 e. The first-order valence-electron chi connectivity index (χ1n) is 9.99.